The van der Waals surface area contributed by atoms with Gasteiger partial charge >= 0.3 is 6.09 Å². The fraction of sp³-hybridized carbons (Fsp3) is 0.688. The van der Waals surface area contributed by atoms with Crippen LogP contribution in [0.1, 0.15) is 45.4 Å². The maximum absolute atomic E-state index is 12.2. The summed E-state index contributed by atoms with van der Waals surface area (Å²) in [4.78, 5) is 15.4. The highest BCUT2D eigenvalue weighted by atomic mass is 79.9. The molecule has 2 heterocycles. The third kappa shape index (κ3) is 5.25. The summed E-state index contributed by atoms with van der Waals surface area (Å²) in [5, 5.41) is 3.60. The number of rotatable bonds is 3. The highest BCUT2D eigenvalue weighted by Gasteiger charge is 2.31. The van der Waals surface area contributed by atoms with Gasteiger partial charge in [0.2, 0.25) is 0 Å². The third-order valence-electron chi connectivity index (χ3n) is 3.70. The van der Waals surface area contributed by atoms with Crippen LogP contribution in [0, 0.1) is 0 Å². The predicted molar refractivity (Wildman–Crippen MR) is 94.3 cm³/mol. The number of carbonyl (C=O) groups is 1. The van der Waals surface area contributed by atoms with Crippen molar-refractivity contribution in [2.75, 3.05) is 6.54 Å². The molecule has 2 atom stereocenters. The van der Waals surface area contributed by atoms with Gasteiger partial charge < -0.3 is 15.0 Å². The lowest BCUT2D eigenvalue weighted by atomic mass is 9.98. The second-order valence-electron chi connectivity index (χ2n) is 6.83. The van der Waals surface area contributed by atoms with E-state index in [1.54, 1.807) is 11.3 Å². The Bertz CT molecular complexity index is 512. The van der Waals surface area contributed by atoms with E-state index in [1.807, 2.05) is 25.7 Å². The zero-order valence-electron chi connectivity index (χ0n) is 13.7. The van der Waals surface area contributed by atoms with Crippen LogP contribution in [0.15, 0.2) is 15.9 Å². The lowest BCUT2D eigenvalue weighted by Crippen LogP contribution is -2.50. The topological polar surface area (TPSA) is 41.6 Å². The van der Waals surface area contributed by atoms with Gasteiger partial charge in [-0.1, -0.05) is 0 Å². The number of thiophene rings is 1. The van der Waals surface area contributed by atoms with Crippen molar-refractivity contribution in [2.24, 2.45) is 0 Å². The van der Waals surface area contributed by atoms with Crippen LogP contribution in [0.2, 0.25) is 0 Å². The molecule has 1 amide bonds. The van der Waals surface area contributed by atoms with Gasteiger partial charge in [0.05, 0.1) is 3.79 Å². The smallest absolute Gasteiger partial charge is 0.410 e. The summed E-state index contributed by atoms with van der Waals surface area (Å²) >= 11 is 5.25. The minimum atomic E-state index is -0.432. The molecule has 1 aromatic rings. The molecule has 0 bridgehead atoms. The minimum Gasteiger partial charge on any atom is -0.444 e. The number of hydrogen-bond donors (Lipinski definition) is 1. The van der Waals surface area contributed by atoms with Crippen molar-refractivity contribution in [3.05, 3.63) is 20.8 Å². The van der Waals surface area contributed by atoms with Gasteiger partial charge in [0.25, 0.3) is 0 Å². The summed E-state index contributed by atoms with van der Waals surface area (Å²) < 4.78 is 6.64. The number of nitrogens with zero attached hydrogens (tertiary/aromatic N) is 1. The van der Waals surface area contributed by atoms with Crippen LogP contribution in [0.3, 0.4) is 0 Å². The van der Waals surface area contributed by atoms with E-state index in [-0.39, 0.29) is 12.1 Å². The maximum Gasteiger partial charge on any atom is 0.410 e. The Balaban J connectivity index is 1.80. The number of amides is 1. The van der Waals surface area contributed by atoms with Crippen LogP contribution < -0.4 is 5.32 Å². The summed E-state index contributed by atoms with van der Waals surface area (Å²) in [6.07, 6.45) is 1.74. The molecule has 1 aliphatic heterocycles. The minimum absolute atomic E-state index is 0.194. The summed E-state index contributed by atoms with van der Waals surface area (Å²) in [7, 11) is 0. The van der Waals surface area contributed by atoms with E-state index in [4.69, 9.17) is 4.74 Å². The van der Waals surface area contributed by atoms with Crippen LogP contribution in [0.4, 0.5) is 4.79 Å². The molecule has 1 fully saturated rings. The van der Waals surface area contributed by atoms with E-state index in [0.717, 1.165) is 29.7 Å². The molecule has 6 heteroatoms. The quantitative estimate of drug-likeness (QED) is 0.834. The third-order valence-corrected chi connectivity index (χ3v) is 5.32. The van der Waals surface area contributed by atoms with Gasteiger partial charge in [-0.2, -0.15) is 0 Å². The molecule has 22 heavy (non-hydrogen) atoms. The Morgan fingerprint density at radius 2 is 2.23 bits per heavy atom. The molecule has 2 unspecified atom stereocenters. The van der Waals surface area contributed by atoms with E-state index in [0.29, 0.717) is 6.04 Å². The van der Waals surface area contributed by atoms with Gasteiger partial charge in [0.15, 0.2) is 0 Å². The average molecular weight is 389 g/mol. The van der Waals surface area contributed by atoms with Gasteiger partial charge in [-0.05, 0) is 68.6 Å². The van der Waals surface area contributed by atoms with Crippen molar-refractivity contribution >= 4 is 33.4 Å². The van der Waals surface area contributed by atoms with E-state index in [1.165, 1.54) is 4.88 Å². The first-order chi connectivity index (χ1) is 10.2. The first-order valence-corrected chi connectivity index (χ1v) is 9.33. The van der Waals surface area contributed by atoms with Crippen LogP contribution in [0.25, 0.3) is 0 Å². The lowest BCUT2D eigenvalue weighted by Gasteiger charge is -2.38. The predicted octanol–water partition coefficient (Wildman–Crippen LogP) is 4.39. The van der Waals surface area contributed by atoms with Crippen molar-refractivity contribution < 1.29 is 9.53 Å². The van der Waals surface area contributed by atoms with Crippen LogP contribution in [0.5, 0.6) is 0 Å². The maximum atomic E-state index is 12.2. The molecule has 0 radical (unpaired) electrons. The second-order valence-corrected chi connectivity index (χ2v) is 9.38. The van der Waals surface area contributed by atoms with Gasteiger partial charge in [-0.3, -0.25) is 0 Å². The molecular formula is C16H25BrN2O2S. The number of hydrogen-bond acceptors (Lipinski definition) is 4. The van der Waals surface area contributed by atoms with Gasteiger partial charge in [-0.15, -0.1) is 11.3 Å². The molecule has 4 nitrogen and oxygen atoms in total. The number of nitrogens with one attached hydrogen (secondary N) is 1. The SMILES string of the molecule is CC1CC(NCc2ccc(Br)s2)CCN1C(=O)OC(C)(C)C. The summed E-state index contributed by atoms with van der Waals surface area (Å²) in [5.74, 6) is 0. The van der Waals surface area contributed by atoms with Crippen molar-refractivity contribution in [1.82, 2.24) is 10.2 Å². The van der Waals surface area contributed by atoms with Crippen LogP contribution in [-0.4, -0.2) is 35.2 Å². The standard InChI is InChI=1S/C16H25BrN2O2S/c1-11-9-12(18-10-13-5-6-14(17)22-13)7-8-19(11)15(20)21-16(2,3)4/h5-6,11-12,18H,7-10H2,1-4H3. The summed E-state index contributed by atoms with van der Waals surface area (Å²) in [6.45, 7) is 9.45. The molecule has 2 rings (SSSR count). The highest BCUT2D eigenvalue weighted by Crippen LogP contribution is 2.24. The van der Waals surface area contributed by atoms with Crippen molar-refractivity contribution in [3.63, 3.8) is 0 Å². The van der Waals surface area contributed by atoms with Crippen molar-refractivity contribution in [3.8, 4) is 0 Å². The Hall–Kier alpha value is -0.590. The highest BCUT2D eigenvalue weighted by molar-refractivity contribution is 9.11. The van der Waals surface area contributed by atoms with E-state index >= 15 is 0 Å². The fourth-order valence-corrected chi connectivity index (χ4v) is 4.08. The molecule has 1 saturated heterocycles. The molecule has 1 aromatic heterocycles. The lowest BCUT2D eigenvalue weighted by molar-refractivity contribution is 0.00933. The monoisotopic (exact) mass is 388 g/mol. The van der Waals surface area contributed by atoms with Gasteiger partial charge in [-0.25, -0.2) is 4.79 Å². The molecular weight excluding hydrogens is 364 g/mol. The zero-order valence-corrected chi connectivity index (χ0v) is 16.1. The molecule has 124 valence electrons. The Morgan fingerprint density at radius 3 is 2.77 bits per heavy atom. The first kappa shape index (κ1) is 17.8. The Kier molecular flexibility index (Phi) is 5.91. The van der Waals surface area contributed by atoms with Gasteiger partial charge in [0.1, 0.15) is 5.60 Å². The molecule has 0 saturated carbocycles. The summed E-state index contributed by atoms with van der Waals surface area (Å²) in [5.41, 5.74) is -0.432. The number of piperidine rings is 1. The van der Waals surface area contributed by atoms with Crippen LogP contribution >= 0.6 is 27.3 Å². The number of carbonyl (C=O) groups excluding carboxylic acids is 1. The van der Waals surface area contributed by atoms with Crippen LogP contribution in [-0.2, 0) is 11.3 Å². The molecule has 1 N–H and O–H groups in total. The van der Waals surface area contributed by atoms with E-state index in [9.17, 15) is 4.79 Å². The molecule has 0 spiro atoms. The molecule has 1 aliphatic rings. The van der Waals surface area contributed by atoms with E-state index < -0.39 is 5.60 Å². The number of halogens is 1. The fourth-order valence-electron chi connectivity index (χ4n) is 2.64. The summed E-state index contributed by atoms with van der Waals surface area (Å²) in [6, 6.07) is 4.88. The van der Waals surface area contributed by atoms with Gasteiger partial charge in [0, 0.05) is 30.1 Å². The molecule has 0 aromatic carbocycles. The Morgan fingerprint density at radius 1 is 1.50 bits per heavy atom. The van der Waals surface area contributed by atoms with Crippen molar-refractivity contribution in [1.29, 1.82) is 0 Å². The Labute approximate surface area is 145 Å². The number of ether oxygens (including phenoxy) is 1. The first-order valence-electron chi connectivity index (χ1n) is 7.72. The van der Waals surface area contributed by atoms with Crippen molar-refractivity contribution in [2.45, 2.75) is 64.8 Å². The normalized spacial score (nSPS) is 22.7. The largest absolute Gasteiger partial charge is 0.444 e. The number of likely N-dealkylation sites (tertiary alicyclic amines) is 1. The van der Waals surface area contributed by atoms with E-state index in [2.05, 4.69) is 40.3 Å². The average Bonchev–Trinajstić information content (AvgIpc) is 2.80. The molecule has 0 aliphatic carbocycles. The zero-order chi connectivity index (χ0) is 16.3. The second kappa shape index (κ2) is 7.32.